The average Bonchev–Trinajstić information content (AvgIpc) is 2.42. The van der Waals surface area contributed by atoms with Crippen molar-refractivity contribution < 1.29 is 9.53 Å². The number of ether oxygens (including phenoxy) is 1. The van der Waals surface area contributed by atoms with Gasteiger partial charge in [0.15, 0.2) is 0 Å². The Bertz CT molecular complexity index is 445. The summed E-state index contributed by atoms with van der Waals surface area (Å²) in [6.07, 6.45) is 4.44. The van der Waals surface area contributed by atoms with E-state index in [0.717, 1.165) is 13.0 Å². The number of aromatic nitrogens is 1. The van der Waals surface area contributed by atoms with Crippen molar-refractivity contribution in [2.45, 2.75) is 39.3 Å². The Balaban J connectivity index is 2.06. The first kappa shape index (κ1) is 14.0. The minimum atomic E-state index is 0.00261. The third kappa shape index (κ3) is 2.50. The van der Waals surface area contributed by atoms with Crippen LogP contribution in [0.5, 0.6) is 0 Å². The third-order valence-corrected chi connectivity index (χ3v) is 4.19. The van der Waals surface area contributed by atoms with Crippen LogP contribution in [0.15, 0.2) is 24.5 Å². The fourth-order valence-corrected chi connectivity index (χ4v) is 2.84. The van der Waals surface area contributed by atoms with E-state index in [1.807, 2.05) is 18.9 Å². The number of rotatable bonds is 4. The van der Waals surface area contributed by atoms with E-state index in [0.29, 0.717) is 5.56 Å². The summed E-state index contributed by atoms with van der Waals surface area (Å²) in [6, 6.07) is 3.81. The highest BCUT2D eigenvalue weighted by molar-refractivity contribution is 5.94. The largest absolute Gasteiger partial charge is 0.378 e. The monoisotopic (exact) mass is 262 g/mol. The van der Waals surface area contributed by atoms with Crippen LogP contribution in [0, 0.1) is 5.41 Å². The molecular weight excluding hydrogens is 240 g/mol. The lowest BCUT2D eigenvalue weighted by molar-refractivity contribution is -0.136. The van der Waals surface area contributed by atoms with Gasteiger partial charge < -0.3 is 9.64 Å². The molecule has 0 N–H and O–H groups in total. The van der Waals surface area contributed by atoms with Crippen LogP contribution in [0.25, 0.3) is 0 Å². The molecule has 1 aromatic heterocycles. The molecule has 0 spiro atoms. The summed E-state index contributed by atoms with van der Waals surface area (Å²) in [6.45, 7) is 7.05. The number of amides is 1. The highest BCUT2D eigenvalue weighted by Crippen LogP contribution is 2.45. The molecule has 4 heteroatoms. The zero-order valence-corrected chi connectivity index (χ0v) is 12.1. The summed E-state index contributed by atoms with van der Waals surface area (Å²) < 4.78 is 5.71. The predicted octanol–water partition coefficient (Wildman–Crippen LogP) is 2.36. The van der Waals surface area contributed by atoms with Gasteiger partial charge in [-0.1, -0.05) is 13.8 Å². The summed E-state index contributed by atoms with van der Waals surface area (Å²) in [4.78, 5) is 18.2. The van der Waals surface area contributed by atoms with Crippen LogP contribution < -0.4 is 0 Å². The summed E-state index contributed by atoms with van der Waals surface area (Å²) in [5.41, 5.74) is 0.642. The van der Waals surface area contributed by atoms with Crippen LogP contribution in [-0.2, 0) is 4.74 Å². The summed E-state index contributed by atoms with van der Waals surface area (Å²) in [5.74, 6) is 0.0288. The molecule has 0 unspecified atom stereocenters. The molecule has 2 atom stereocenters. The van der Waals surface area contributed by atoms with Gasteiger partial charge in [-0.25, -0.2) is 0 Å². The van der Waals surface area contributed by atoms with Crippen molar-refractivity contribution >= 4 is 5.91 Å². The number of carbonyl (C=O) groups is 1. The van der Waals surface area contributed by atoms with Gasteiger partial charge in [0.2, 0.25) is 0 Å². The molecule has 4 nitrogen and oxygen atoms in total. The quantitative estimate of drug-likeness (QED) is 0.836. The van der Waals surface area contributed by atoms with Crippen molar-refractivity contribution in [1.82, 2.24) is 9.88 Å². The van der Waals surface area contributed by atoms with E-state index >= 15 is 0 Å². The van der Waals surface area contributed by atoms with Crippen molar-refractivity contribution in [2.75, 3.05) is 13.7 Å². The van der Waals surface area contributed by atoms with Crippen LogP contribution in [0.3, 0.4) is 0 Å². The molecule has 19 heavy (non-hydrogen) atoms. The molecule has 0 aromatic carbocycles. The molecule has 2 rings (SSSR count). The van der Waals surface area contributed by atoms with Crippen molar-refractivity contribution in [1.29, 1.82) is 0 Å². The van der Waals surface area contributed by atoms with Crippen LogP contribution in [-0.4, -0.2) is 41.6 Å². The number of nitrogens with zero attached hydrogens (tertiary/aromatic N) is 2. The molecule has 1 saturated carbocycles. The molecular formula is C15H22N2O2. The first-order valence-corrected chi connectivity index (χ1v) is 6.77. The minimum absolute atomic E-state index is 0.00261. The lowest BCUT2D eigenvalue weighted by atomic mass is 9.63. The van der Waals surface area contributed by atoms with Crippen molar-refractivity contribution in [3.63, 3.8) is 0 Å². The normalized spacial score (nSPS) is 24.6. The zero-order chi connectivity index (χ0) is 14.0. The Morgan fingerprint density at radius 2 is 2.32 bits per heavy atom. The fourth-order valence-electron chi connectivity index (χ4n) is 2.84. The second-order valence-electron chi connectivity index (χ2n) is 5.67. The van der Waals surface area contributed by atoms with Gasteiger partial charge in [0.05, 0.1) is 11.7 Å². The molecule has 1 amide bonds. The number of hydrogen-bond acceptors (Lipinski definition) is 3. The highest BCUT2D eigenvalue weighted by Gasteiger charge is 2.51. The molecule has 0 saturated heterocycles. The predicted molar refractivity (Wildman–Crippen MR) is 73.9 cm³/mol. The van der Waals surface area contributed by atoms with Crippen LogP contribution in [0.4, 0.5) is 0 Å². The third-order valence-electron chi connectivity index (χ3n) is 4.19. The van der Waals surface area contributed by atoms with Gasteiger partial charge in [0, 0.05) is 37.5 Å². The molecule has 1 heterocycles. The number of hydrogen-bond donors (Lipinski definition) is 0. The topological polar surface area (TPSA) is 42.4 Å². The second-order valence-corrected chi connectivity index (χ2v) is 5.67. The molecule has 104 valence electrons. The summed E-state index contributed by atoms with van der Waals surface area (Å²) in [5, 5.41) is 0. The molecule has 0 radical (unpaired) electrons. The van der Waals surface area contributed by atoms with Gasteiger partial charge in [-0.3, -0.25) is 9.78 Å². The van der Waals surface area contributed by atoms with Gasteiger partial charge in [-0.2, -0.15) is 0 Å². The maximum Gasteiger partial charge on any atom is 0.255 e. The maximum absolute atomic E-state index is 12.4. The van der Waals surface area contributed by atoms with Crippen molar-refractivity contribution in [2.24, 2.45) is 5.41 Å². The Kier molecular flexibility index (Phi) is 3.90. The van der Waals surface area contributed by atoms with E-state index in [2.05, 4.69) is 18.8 Å². The zero-order valence-electron chi connectivity index (χ0n) is 12.1. The van der Waals surface area contributed by atoms with Crippen molar-refractivity contribution in [3.8, 4) is 0 Å². The van der Waals surface area contributed by atoms with Gasteiger partial charge in [0.25, 0.3) is 5.91 Å². The van der Waals surface area contributed by atoms with Gasteiger partial charge in [0.1, 0.15) is 0 Å². The van der Waals surface area contributed by atoms with E-state index in [4.69, 9.17) is 4.74 Å². The molecule has 1 aromatic rings. The molecule has 1 aliphatic rings. The average molecular weight is 262 g/mol. The van der Waals surface area contributed by atoms with E-state index in [1.165, 1.54) is 0 Å². The van der Waals surface area contributed by atoms with Crippen molar-refractivity contribution in [3.05, 3.63) is 30.1 Å². The highest BCUT2D eigenvalue weighted by atomic mass is 16.5. The first-order valence-electron chi connectivity index (χ1n) is 6.77. The summed E-state index contributed by atoms with van der Waals surface area (Å²) >= 11 is 0. The number of carbonyl (C=O) groups excluding carboxylic acids is 1. The van der Waals surface area contributed by atoms with Gasteiger partial charge in [-0.15, -0.1) is 0 Å². The smallest absolute Gasteiger partial charge is 0.255 e. The SMILES string of the molecule is CCO[C@H]1C[C@H](N(C)C(=O)c2cccnc2)C1(C)C. The van der Waals surface area contributed by atoms with E-state index in [1.54, 1.807) is 24.5 Å². The Morgan fingerprint density at radius 3 is 2.84 bits per heavy atom. The number of pyridine rings is 1. The van der Waals surface area contributed by atoms with Crippen LogP contribution in [0.2, 0.25) is 0 Å². The lowest BCUT2D eigenvalue weighted by Crippen LogP contribution is -2.62. The van der Waals surface area contributed by atoms with Gasteiger partial charge >= 0.3 is 0 Å². The van der Waals surface area contributed by atoms with Crippen LogP contribution in [0.1, 0.15) is 37.6 Å². The fraction of sp³-hybridized carbons (Fsp3) is 0.600. The maximum atomic E-state index is 12.4. The molecule has 0 bridgehead atoms. The standard InChI is InChI=1S/C15H22N2O2/c1-5-19-13-9-12(15(13,2)3)17(4)14(18)11-7-6-8-16-10-11/h6-8,10,12-13H,5,9H2,1-4H3/t12-,13-/m0/s1. The van der Waals surface area contributed by atoms with E-state index < -0.39 is 0 Å². The Labute approximate surface area is 114 Å². The summed E-state index contributed by atoms with van der Waals surface area (Å²) in [7, 11) is 1.86. The first-order chi connectivity index (χ1) is 8.98. The minimum Gasteiger partial charge on any atom is -0.378 e. The van der Waals surface area contributed by atoms with E-state index in [9.17, 15) is 4.79 Å². The lowest BCUT2D eigenvalue weighted by Gasteiger charge is -2.54. The van der Waals surface area contributed by atoms with Gasteiger partial charge in [-0.05, 0) is 25.5 Å². The Hall–Kier alpha value is -1.42. The second kappa shape index (κ2) is 5.29. The molecule has 1 fully saturated rings. The molecule has 1 aliphatic carbocycles. The molecule has 0 aliphatic heterocycles. The Morgan fingerprint density at radius 1 is 1.58 bits per heavy atom. The van der Waals surface area contributed by atoms with E-state index in [-0.39, 0.29) is 23.5 Å². The van der Waals surface area contributed by atoms with Crippen LogP contribution >= 0.6 is 0 Å².